The first-order valence-corrected chi connectivity index (χ1v) is 8.16. The van der Waals surface area contributed by atoms with Crippen LogP contribution in [0.1, 0.15) is 36.0 Å². The second-order valence-corrected chi connectivity index (χ2v) is 5.90. The van der Waals surface area contributed by atoms with Gasteiger partial charge in [-0.3, -0.25) is 4.79 Å². The molecule has 3 N–H and O–H groups in total. The Bertz CT molecular complexity index is 892. The van der Waals surface area contributed by atoms with Gasteiger partial charge in [-0.15, -0.1) is 0 Å². The lowest BCUT2D eigenvalue weighted by Gasteiger charge is -2.16. The van der Waals surface area contributed by atoms with E-state index in [0.29, 0.717) is 40.3 Å². The summed E-state index contributed by atoms with van der Waals surface area (Å²) in [6, 6.07) is 8.10. The number of fused-ring (bicyclic) bond motifs is 1. The Labute approximate surface area is 150 Å². The highest BCUT2D eigenvalue weighted by molar-refractivity contribution is 6.16. The molecule has 3 rings (SSSR count). The minimum Gasteiger partial charge on any atom is -0.504 e. The van der Waals surface area contributed by atoms with E-state index in [4.69, 9.17) is 9.47 Å². The Kier molecular flexibility index (Phi) is 4.71. The van der Waals surface area contributed by atoms with Crippen LogP contribution in [-0.4, -0.2) is 36.1 Å². The molecule has 2 aromatic carbocycles. The van der Waals surface area contributed by atoms with Gasteiger partial charge in [-0.2, -0.15) is 5.10 Å². The van der Waals surface area contributed by atoms with Crippen LogP contribution in [0, 0.1) is 0 Å². The van der Waals surface area contributed by atoms with Crippen LogP contribution in [0.3, 0.4) is 0 Å². The monoisotopic (exact) mass is 356 g/mol. The van der Waals surface area contributed by atoms with Crippen LogP contribution in [-0.2, 0) is 4.79 Å². The molecule has 0 spiro atoms. The molecule has 0 saturated heterocycles. The van der Waals surface area contributed by atoms with Crippen molar-refractivity contribution in [3.05, 3.63) is 47.0 Å². The molecule has 1 aliphatic heterocycles. The summed E-state index contributed by atoms with van der Waals surface area (Å²) in [6.07, 6.45) is 0.526. The molecule has 7 heteroatoms. The maximum atomic E-state index is 12.4. The predicted molar refractivity (Wildman–Crippen MR) is 96.1 cm³/mol. The Morgan fingerprint density at radius 2 is 1.77 bits per heavy atom. The topological polar surface area (TPSA) is 100 Å². The molecule has 0 aromatic heterocycles. The first-order valence-electron chi connectivity index (χ1n) is 8.16. The standard InChI is InChI=1S/C19H20N2O5/c1-4-11-12-8-14(22)15(23)9-13(12)18(20-21-19(11)24)10-5-6-16(25-2)17(7-10)26-3/h5-9,11,22-23H,4H2,1-3H3,(H,21,24)/t11-/m1/s1. The number of hydrogen-bond acceptors (Lipinski definition) is 6. The number of ether oxygens (including phenoxy) is 2. The predicted octanol–water partition coefficient (Wildman–Crippen LogP) is 2.49. The molecule has 1 atom stereocenters. The average molecular weight is 356 g/mol. The third kappa shape index (κ3) is 2.92. The van der Waals surface area contributed by atoms with Crippen LogP contribution in [0.2, 0.25) is 0 Å². The van der Waals surface area contributed by atoms with Gasteiger partial charge in [-0.1, -0.05) is 6.92 Å². The number of nitrogens with zero attached hydrogens (tertiary/aromatic N) is 1. The van der Waals surface area contributed by atoms with E-state index in [2.05, 4.69) is 10.5 Å². The molecule has 26 heavy (non-hydrogen) atoms. The molecule has 0 saturated carbocycles. The molecule has 7 nitrogen and oxygen atoms in total. The zero-order valence-electron chi connectivity index (χ0n) is 14.7. The smallest absolute Gasteiger partial charge is 0.247 e. The van der Waals surface area contributed by atoms with E-state index in [1.807, 2.05) is 6.92 Å². The van der Waals surface area contributed by atoms with E-state index in [0.717, 1.165) is 0 Å². The van der Waals surface area contributed by atoms with Crippen LogP contribution in [0.25, 0.3) is 0 Å². The van der Waals surface area contributed by atoms with Gasteiger partial charge in [0.1, 0.15) is 0 Å². The van der Waals surface area contributed by atoms with Crippen LogP contribution in [0.5, 0.6) is 23.0 Å². The van der Waals surface area contributed by atoms with Gasteiger partial charge in [0.2, 0.25) is 5.91 Å². The lowest BCUT2D eigenvalue weighted by molar-refractivity contribution is -0.122. The van der Waals surface area contributed by atoms with Gasteiger partial charge in [0.15, 0.2) is 23.0 Å². The van der Waals surface area contributed by atoms with Gasteiger partial charge in [0.05, 0.1) is 25.8 Å². The molecule has 0 radical (unpaired) electrons. The van der Waals surface area contributed by atoms with E-state index >= 15 is 0 Å². The number of benzene rings is 2. The Morgan fingerprint density at radius 1 is 1.08 bits per heavy atom. The fraction of sp³-hybridized carbons (Fsp3) is 0.263. The summed E-state index contributed by atoms with van der Waals surface area (Å²) < 4.78 is 10.6. The Hall–Kier alpha value is -3.22. The zero-order chi connectivity index (χ0) is 18.8. The molecule has 136 valence electrons. The number of methoxy groups -OCH3 is 2. The lowest BCUT2D eigenvalue weighted by atomic mass is 9.87. The van der Waals surface area contributed by atoms with Crippen LogP contribution < -0.4 is 14.9 Å². The van der Waals surface area contributed by atoms with Crippen molar-refractivity contribution in [3.8, 4) is 23.0 Å². The summed E-state index contributed by atoms with van der Waals surface area (Å²) in [7, 11) is 3.08. The molecular weight excluding hydrogens is 336 g/mol. The van der Waals surface area contributed by atoms with Gasteiger partial charge in [0, 0.05) is 11.1 Å². The summed E-state index contributed by atoms with van der Waals surface area (Å²) in [5.41, 5.74) is 4.86. The Balaban J connectivity index is 2.22. The van der Waals surface area contributed by atoms with Crippen molar-refractivity contribution in [2.75, 3.05) is 14.2 Å². The number of nitrogens with one attached hydrogen (secondary N) is 1. The van der Waals surface area contributed by atoms with E-state index in [1.165, 1.54) is 19.2 Å². The number of phenolic OH excluding ortho intramolecular Hbond substituents is 2. The van der Waals surface area contributed by atoms with Gasteiger partial charge in [0.25, 0.3) is 0 Å². The highest BCUT2D eigenvalue weighted by atomic mass is 16.5. The first-order chi connectivity index (χ1) is 12.5. The lowest BCUT2D eigenvalue weighted by Crippen LogP contribution is -2.23. The minimum atomic E-state index is -0.488. The van der Waals surface area contributed by atoms with E-state index in [1.54, 1.807) is 25.3 Å². The van der Waals surface area contributed by atoms with Crippen molar-refractivity contribution >= 4 is 11.6 Å². The van der Waals surface area contributed by atoms with Gasteiger partial charge in [-0.05, 0) is 42.3 Å². The van der Waals surface area contributed by atoms with Crippen molar-refractivity contribution in [1.29, 1.82) is 0 Å². The number of carbonyl (C=O) groups excluding carboxylic acids is 1. The normalized spacial score (nSPS) is 16.2. The molecular formula is C19H20N2O5. The maximum absolute atomic E-state index is 12.4. The second kappa shape index (κ2) is 6.95. The number of aromatic hydroxyl groups is 2. The van der Waals surface area contributed by atoms with E-state index in [-0.39, 0.29) is 17.4 Å². The largest absolute Gasteiger partial charge is 0.504 e. The molecule has 1 heterocycles. The minimum absolute atomic E-state index is 0.269. The summed E-state index contributed by atoms with van der Waals surface area (Å²) >= 11 is 0. The number of hydrazone groups is 1. The van der Waals surface area contributed by atoms with E-state index < -0.39 is 5.92 Å². The van der Waals surface area contributed by atoms with Crippen LogP contribution in [0.4, 0.5) is 0 Å². The number of rotatable bonds is 4. The fourth-order valence-electron chi connectivity index (χ4n) is 3.09. The average Bonchev–Trinajstić information content (AvgIpc) is 2.77. The van der Waals surface area contributed by atoms with Crippen LogP contribution in [0.15, 0.2) is 35.4 Å². The van der Waals surface area contributed by atoms with Crippen LogP contribution >= 0.6 is 0 Å². The molecule has 0 aliphatic carbocycles. The van der Waals surface area contributed by atoms with E-state index in [9.17, 15) is 15.0 Å². The molecule has 2 aromatic rings. The number of hydrogen-bond donors (Lipinski definition) is 3. The third-order valence-corrected chi connectivity index (χ3v) is 4.44. The second-order valence-electron chi connectivity index (χ2n) is 5.90. The zero-order valence-corrected chi connectivity index (χ0v) is 14.7. The van der Waals surface area contributed by atoms with Crippen molar-refractivity contribution in [2.45, 2.75) is 19.3 Å². The van der Waals surface area contributed by atoms with Gasteiger partial charge < -0.3 is 19.7 Å². The first kappa shape index (κ1) is 17.6. The molecule has 1 amide bonds. The fourth-order valence-corrected chi connectivity index (χ4v) is 3.09. The van der Waals surface area contributed by atoms with Gasteiger partial charge >= 0.3 is 0 Å². The van der Waals surface area contributed by atoms with Crippen molar-refractivity contribution < 1.29 is 24.5 Å². The molecule has 0 bridgehead atoms. The molecule has 0 unspecified atom stereocenters. The number of phenols is 2. The highest BCUT2D eigenvalue weighted by Crippen LogP contribution is 2.37. The molecule has 0 fully saturated rings. The summed E-state index contributed by atoms with van der Waals surface area (Å²) in [4.78, 5) is 12.4. The molecule has 1 aliphatic rings. The van der Waals surface area contributed by atoms with Crippen molar-refractivity contribution in [3.63, 3.8) is 0 Å². The number of amides is 1. The summed E-state index contributed by atoms with van der Waals surface area (Å²) in [5, 5.41) is 24.1. The SMILES string of the molecule is CC[C@H]1C(=O)NN=C(c2ccc(OC)c(OC)c2)c2cc(O)c(O)cc21. The third-order valence-electron chi connectivity index (χ3n) is 4.44. The summed E-state index contributed by atoms with van der Waals surface area (Å²) in [6.45, 7) is 1.87. The highest BCUT2D eigenvalue weighted by Gasteiger charge is 2.29. The summed E-state index contributed by atoms with van der Waals surface area (Å²) in [5.74, 6) is -0.230. The number of carbonyl (C=O) groups is 1. The Morgan fingerprint density at radius 3 is 2.42 bits per heavy atom. The van der Waals surface area contributed by atoms with Crippen molar-refractivity contribution in [2.24, 2.45) is 5.10 Å². The maximum Gasteiger partial charge on any atom is 0.247 e. The quantitative estimate of drug-likeness (QED) is 0.731. The van der Waals surface area contributed by atoms with Crippen molar-refractivity contribution in [1.82, 2.24) is 5.43 Å². The van der Waals surface area contributed by atoms with Gasteiger partial charge in [-0.25, -0.2) is 5.43 Å².